The lowest BCUT2D eigenvalue weighted by atomic mass is 10.0. The molecule has 0 spiro atoms. The van der Waals surface area contributed by atoms with Gasteiger partial charge >= 0.3 is 0 Å². The maximum Gasteiger partial charge on any atom is 0.193 e. The topological polar surface area (TPSA) is 26.3 Å². The number of carbonyl (C=O) groups is 1. The fourth-order valence-corrected chi connectivity index (χ4v) is 1.72. The van der Waals surface area contributed by atoms with E-state index in [9.17, 15) is 4.79 Å². The van der Waals surface area contributed by atoms with Crippen molar-refractivity contribution in [2.24, 2.45) is 0 Å². The van der Waals surface area contributed by atoms with Crippen LogP contribution in [0.15, 0.2) is 48.5 Å². The molecule has 0 saturated heterocycles. The van der Waals surface area contributed by atoms with E-state index in [0.29, 0.717) is 21.9 Å². The van der Waals surface area contributed by atoms with E-state index in [1.807, 2.05) is 0 Å². The minimum absolute atomic E-state index is 0.0554. The van der Waals surface area contributed by atoms with Crippen molar-refractivity contribution in [3.8, 4) is 18.1 Å². The lowest BCUT2D eigenvalue weighted by Crippen LogP contribution is -2.01. The first-order chi connectivity index (χ1) is 9.20. The zero-order valence-corrected chi connectivity index (χ0v) is 10.9. The Morgan fingerprint density at radius 2 is 1.58 bits per heavy atom. The van der Waals surface area contributed by atoms with E-state index in [-0.39, 0.29) is 12.4 Å². The van der Waals surface area contributed by atoms with E-state index in [4.69, 9.17) is 22.8 Å². The monoisotopic (exact) mass is 270 g/mol. The van der Waals surface area contributed by atoms with Crippen LogP contribution in [0.4, 0.5) is 0 Å². The standard InChI is InChI=1S/C16H11ClO2/c1-2-11-19-15-9-5-13(6-10-15)16(18)12-3-7-14(17)8-4-12/h1,3-10H,11H2. The number of hydrogen-bond acceptors (Lipinski definition) is 2. The highest BCUT2D eigenvalue weighted by Crippen LogP contribution is 2.17. The van der Waals surface area contributed by atoms with Crippen LogP contribution >= 0.6 is 11.6 Å². The highest BCUT2D eigenvalue weighted by molar-refractivity contribution is 6.30. The predicted octanol–water partition coefficient (Wildman–Crippen LogP) is 3.58. The van der Waals surface area contributed by atoms with Gasteiger partial charge in [-0.3, -0.25) is 4.79 Å². The first-order valence-corrected chi connectivity index (χ1v) is 6.05. The third-order valence-electron chi connectivity index (χ3n) is 2.55. The molecule has 2 aromatic rings. The molecule has 0 heterocycles. The molecule has 2 aromatic carbocycles. The van der Waals surface area contributed by atoms with Gasteiger partial charge in [-0.15, -0.1) is 6.42 Å². The molecule has 0 N–H and O–H groups in total. The summed E-state index contributed by atoms with van der Waals surface area (Å²) in [7, 11) is 0. The first kappa shape index (κ1) is 13.2. The average molecular weight is 271 g/mol. The van der Waals surface area contributed by atoms with Crippen molar-refractivity contribution in [1.29, 1.82) is 0 Å². The van der Waals surface area contributed by atoms with Crippen molar-refractivity contribution in [3.05, 3.63) is 64.7 Å². The summed E-state index contributed by atoms with van der Waals surface area (Å²) < 4.78 is 5.25. The lowest BCUT2D eigenvalue weighted by Gasteiger charge is -2.04. The fraction of sp³-hybridized carbons (Fsp3) is 0.0625. The van der Waals surface area contributed by atoms with Gasteiger partial charge in [0.25, 0.3) is 0 Å². The summed E-state index contributed by atoms with van der Waals surface area (Å²) in [4.78, 5) is 12.2. The Labute approximate surface area is 117 Å². The number of ketones is 1. The molecule has 0 aromatic heterocycles. The molecule has 0 fully saturated rings. The number of halogens is 1. The van der Waals surface area contributed by atoms with Gasteiger partial charge in [-0.1, -0.05) is 17.5 Å². The largest absolute Gasteiger partial charge is 0.481 e. The Bertz CT molecular complexity index is 607. The van der Waals surface area contributed by atoms with Crippen molar-refractivity contribution in [2.45, 2.75) is 0 Å². The van der Waals surface area contributed by atoms with Gasteiger partial charge in [0.05, 0.1) is 0 Å². The lowest BCUT2D eigenvalue weighted by molar-refractivity contribution is 0.103. The van der Waals surface area contributed by atoms with Crippen LogP contribution in [-0.4, -0.2) is 12.4 Å². The fourth-order valence-electron chi connectivity index (χ4n) is 1.60. The summed E-state index contributed by atoms with van der Waals surface area (Å²) in [5, 5.41) is 0.606. The van der Waals surface area contributed by atoms with Gasteiger partial charge in [-0.05, 0) is 48.5 Å². The smallest absolute Gasteiger partial charge is 0.193 e. The molecule has 2 nitrogen and oxygen atoms in total. The predicted molar refractivity (Wildman–Crippen MR) is 75.7 cm³/mol. The van der Waals surface area contributed by atoms with E-state index in [1.54, 1.807) is 48.5 Å². The minimum Gasteiger partial charge on any atom is -0.481 e. The number of terminal acetylenes is 1. The molecule has 3 heteroatoms. The summed E-state index contributed by atoms with van der Waals surface area (Å²) in [5.41, 5.74) is 1.19. The summed E-state index contributed by atoms with van der Waals surface area (Å²) in [6, 6.07) is 13.7. The number of hydrogen-bond donors (Lipinski definition) is 0. The maximum absolute atomic E-state index is 12.2. The first-order valence-electron chi connectivity index (χ1n) is 5.67. The Balaban J connectivity index is 2.16. The highest BCUT2D eigenvalue weighted by atomic mass is 35.5. The van der Waals surface area contributed by atoms with Gasteiger partial charge in [-0.25, -0.2) is 0 Å². The van der Waals surface area contributed by atoms with Crippen molar-refractivity contribution in [3.63, 3.8) is 0 Å². The Morgan fingerprint density at radius 3 is 2.11 bits per heavy atom. The summed E-state index contributed by atoms with van der Waals surface area (Å²) in [6.45, 7) is 0.213. The van der Waals surface area contributed by atoms with Crippen LogP contribution in [0.2, 0.25) is 5.02 Å². The van der Waals surface area contributed by atoms with E-state index in [1.165, 1.54) is 0 Å². The zero-order valence-electron chi connectivity index (χ0n) is 10.1. The molecule has 2 rings (SSSR count). The molecule has 0 unspecified atom stereocenters. The molecule has 94 valence electrons. The zero-order chi connectivity index (χ0) is 13.7. The third-order valence-corrected chi connectivity index (χ3v) is 2.80. The quantitative estimate of drug-likeness (QED) is 0.627. The molecule has 0 aliphatic rings. The second-order valence-electron chi connectivity index (χ2n) is 3.85. The van der Waals surface area contributed by atoms with Crippen LogP contribution < -0.4 is 4.74 Å². The van der Waals surface area contributed by atoms with Crippen molar-refractivity contribution in [1.82, 2.24) is 0 Å². The molecule has 0 saturated carbocycles. The SMILES string of the molecule is C#CCOc1ccc(C(=O)c2ccc(Cl)cc2)cc1. The molecular formula is C16H11ClO2. The molecule has 0 radical (unpaired) electrons. The Morgan fingerprint density at radius 1 is 1.05 bits per heavy atom. The number of ether oxygens (including phenoxy) is 1. The van der Waals surface area contributed by atoms with Crippen LogP contribution in [0.1, 0.15) is 15.9 Å². The van der Waals surface area contributed by atoms with Gasteiger partial charge in [0.1, 0.15) is 12.4 Å². The number of carbonyl (C=O) groups excluding carboxylic acids is 1. The van der Waals surface area contributed by atoms with Crippen LogP contribution in [0.5, 0.6) is 5.75 Å². The molecular weight excluding hydrogens is 260 g/mol. The Kier molecular flexibility index (Phi) is 4.22. The van der Waals surface area contributed by atoms with Gasteiger partial charge in [0, 0.05) is 16.1 Å². The van der Waals surface area contributed by atoms with E-state index in [0.717, 1.165) is 0 Å². The molecule has 0 bridgehead atoms. The molecule has 0 aliphatic carbocycles. The summed E-state index contributed by atoms with van der Waals surface area (Å²) in [5.74, 6) is 2.97. The highest BCUT2D eigenvalue weighted by Gasteiger charge is 2.08. The number of benzene rings is 2. The van der Waals surface area contributed by atoms with E-state index in [2.05, 4.69) is 5.92 Å². The van der Waals surface area contributed by atoms with Gasteiger partial charge in [0.15, 0.2) is 5.78 Å². The normalized spacial score (nSPS) is 9.68. The van der Waals surface area contributed by atoms with E-state index < -0.39 is 0 Å². The van der Waals surface area contributed by atoms with Crippen LogP contribution in [0, 0.1) is 12.3 Å². The van der Waals surface area contributed by atoms with Gasteiger partial charge < -0.3 is 4.74 Å². The minimum atomic E-state index is -0.0554. The Hall–Kier alpha value is -2.24. The summed E-state index contributed by atoms with van der Waals surface area (Å²) >= 11 is 5.79. The molecule has 0 amide bonds. The second-order valence-corrected chi connectivity index (χ2v) is 4.29. The van der Waals surface area contributed by atoms with Crippen molar-refractivity contribution >= 4 is 17.4 Å². The van der Waals surface area contributed by atoms with Crippen LogP contribution in [-0.2, 0) is 0 Å². The molecule has 0 atom stereocenters. The van der Waals surface area contributed by atoms with Crippen LogP contribution in [0.3, 0.4) is 0 Å². The van der Waals surface area contributed by atoms with Gasteiger partial charge in [-0.2, -0.15) is 0 Å². The molecule has 0 aliphatic heterocycles. The maximum atomic E-state index is 12.2. The van der Waals surface area contributed by atoms with Gasteiger partial charge in [0.2, 0.25) is 0 Å². The second kappa shape index (κ2) is 6.08. The summed E-state index contributed by atoms with van der Waals surface area (Å²) in [6.07, 6.45) is 5.10. The van der Waals surface area contributed by atoms with Crippen LogP contribution in [0.25, 0.3) is 0 Å². The third kappa shape index (κ3) is 3.37. The number of rotatable bonds is 4. The van der Waals surface area contributed by atoms with Crippen molar-refractivity contribution in [2.75, 3.05) is 6.61 Å². The molecule has 19 heavy (non-hydrogen) atoms. The van der Waals surface area contributed by atoms with E-state index >= 15 is 0 Å². The van der Waals surface area contributed by atoms with Crippen molar-refractivity contribution < 1.29 is 9.53 Å². The average Bonchev–Trinajstić information content (AvgIpc) is 2.46.